The van der Waals surface area contributed by atoms with Crippen LogP contribution in [0, 0.1) is 0 Å². The number of amides is 6. The molecule has 0 unspecified atom stereocenters. The van der Waals surface area contributed by atoms with Crippen molar-refractivity contribution in [2.24, 2.45) is 0 Å². The molecule has 9 rings (SSSR count). The second-order valence-corrected chi connectivity index (χ2v) is 18.3. The molecule has 0 bridgehead atoms. The van der Waals surface area contributed by atoms with E-state index in [1.165, 1.54) is 34.1 Å². The Morgan fingerprint density at radius 2 is 0.657 bits per heavy atom. The molecule has 356 valence electrons. The fourth-order valence-corrected chi connectivity index (χ4v) is 9.71. The molecule has 3 aliphatic rings. The maximum atomic E-state index is 15.3. The molecule has 6 aromatic carbocycles. The first-order valence-corrected chi connectivity index (χ1v) is 23.6. The van der Waals surface area contributed by atoms with E-state index in [4.69, 9.17) is 0 Å². The van der Waals surface area contributed by atoms with Crippen molar-refractivity contribution in [2.45, 2.75) is 87.9 Å². The van der Waals surface area contributed by atoms with E-state index in [0.717, 1.165) is 33.4 Å². The van der Waals surface area contributed by atoms with Crippen molar-refractivity contribution in [1.82, 2.24) is 31.1 Å². The van der Waals surface area contributed by atoms with Gasteiger partial charge in [-0.05, 0) is 68.8 Å². The highest BCUT2D eigenvalue weighted by atomic mass is 16.3. The van der Waals surface area contributed by atoms with E-state index in [1.807, 2.05) is 109 Å². The van der Waals surface area contributed by atoms with E-state index in [1.54, 1.807) is 24.3 Å². The van der Waals surface area contributed by atoms with Crippen LogP contribution in [-0.2, 0) is 80.4 Å². The van der Waals surface area contributed by atoms with Crippen molar-refractivity contribution in [1.29, 1.82) is 0 Å². The number of benzene rings is 6. The Labute approximate surface area is 405 Å². The predicted octanol–water partition coefficient (Wildman–Crippen LogP) is 4.23. The molecular formula is C56H54N6O8. The van der Waals surface area contributed by atoms with Crippen LogP contribution in [0.2, 0.25) is 0 Å². The maximum absolute atomic E-state index is 15.3. The highest BCUT2D eigenvalue weighted by Crippen LogP contribution is 2.28. The third kappa shape index (κ3) is 10.9. The number of rotatable bonds is 8. The third-order valence-corrected chi connectivity index (χ3v) is 13.5. The van der Waals surface area contributed by atoms with E-state index in [9.17, 15) is 19.8 Å². The summed E-state index contributed by atoms with van der Waals surface area (Å²) >= 11 is 0. The van der Waals surface area contributed by atoms with E-state index in [0.29, 0.717) is 11.1 Å². The lowest BCUT2D eigenvalue weighted by Crippen LogP contribution is -2.64. The van der Waals surface area contributed by atoms with Crippen LogP contribution in [0.4, 0.5) is 0 Å². The fourth-order valence-electron chi connectivity index (χ4n) is 9.71. The average Bonchev–Trinajstić information content (AvgIpc) is 3.38. The highest BCUT2D eigenvalue weighted by molar-refractivity contribution is 5.99. The average molecular weight is 939 g/mol. The van der Waals surface area contributed by atoms with E-state index in [-0.39, 0.29) is 63.1 Å². The fraction of sp³-hybridized carbons (Fsp3) is 0.250. The Balaban J connectivity index is 1.17. The number of carbonyl (C=O) groups is 6. The molecule has 6 N–H and O–H groups in total. The molecule has 3 heterocycles. The van der Waals surface area contributed by atoms with E-state index >= 15 is 19.2 Å². The number of nitrogens with one attached hydrogen (secondary N) is 4. The summed E-state index contributed by atoms with van der Waals surface area (Å²) in [4.78, 5) is 93.6. The lowest BCUT2D eigenvalue weighted by Gasteiger charge is -2.40. The molecule has 6 atom stereocenters. The third-order valence-electron chi connectivity index (χ3n) is 13.5. The van der Waals surface area contributed by atoms with Gasteiger partial charge in [-0.25, -0.2) is 0 Å². The summed E-state index contributed by atoms with van der Waals surface area (Å²) in [6.07, 6.45) is 0.180. The first-order chi connectivity index (χ1) is 33.9. The van der Waals surface area contributed by atoms with Crippen molar-refractivity contribution in [3.8, 4) is 11.5 Å². The number of hydrogen-bond donors (Lipinski definition) is 6. The van der Waals surface area contributed by atoms with Crippen molar-refractivity contribution < 1.29 is 39.0 Å². The number of phenolic OH excluding ortho intramolecular Hbond substituents is 2. The summed E-state index contributed by atoms with van der Waals surface area (Å²) in [6, 6.07) is 38.4. The number of phenols is 2. The van der Waals surface area contributed by atoms with Gasteiger partial charge in [0.1, 0.15) is 47.8 Å². The minimum atomic E-state index is -1.27. The minimum Gasteiger partial charge on any atom is -0.508 e. The molecule has 1 saturated heterocycles. The Morgan fingerprint density at radius 3 is 1.03 bits per heavy atom. The topological polar surface area (TPSA) is 197 Å². The van der Waals surface area contributed by atoms with Gasteiger partial charge in [-0.3, -0.25) is 28.8 Å². The van der Waals surface area contributed by atoms with Gasteiger partial charge in [0.15, 0.2) is 0 Å². The minimum absolute atomic E-state index is 0.0109. The van der Waals surface area contributed by atoms with Gasteiger partial charge in [-0.15, -0.1) is 0 Å². The van der Waals surface area contributed by atoms with Gasteiger partial charge in [0.2, 0.25) is 35.4 Å². The zero-order valence-electron chi connectivity index (χ0n) is 38.4. The van der Waals surface area contributed by atoms with Crippen LogP contribution in [0.5, 0.6) is 11.5 Å². The monoisotopic (exact) mass is 938 g/mol. The molecule has 0 aliphatic carbocycles. The molecule has 0 radical (unpaired) electrons. The normalized spacial score (nSPS) is 22.1. The van der Waals surface area contributed by atoms with E-state index in [2.05, 4.69) is 21.3 Å². The molecule has 0 spiro atoms. The second kappa shape index (κ2) is 20.9. The van der Waals surface area contributed by atoms with Crippen LogP contribution in [-0.4, -0.2) is 91.7 Å². The first kappa shape index (κ1) is 46.8. The molecule has 70 heavy (non-hydrogen) atoms. The van der Waals surface area contributed by atoms with Crippen LogP contribution < -0.4 is 21.3 Å². The Hall–Kier alpha value is -8.26. The van der Waals surface area contributed by atoms with Gasteiger partial charge in [0.05, 0.1) is 0 Å². The number of carbonyl (C=O) groups excluding carboxylic acids is 6. The second-order valence-electron chi connectivity index (χ2n) is 18.3. The van der Waals surface area contributed by atoms with Gasteiger partial charge in [0, 0.05) is 51.6 Å². The van der Waals surface area contributed by atoms with Crippen molar-refractivity contribution in [3.63, 3.8) is 0 Å². The molecule has 6 amide bonds. The Kier molecular flexibility index (Phi) is 14.0. The number of fused-ring (bicyclic) bond motifs is 4. The number of hydrogen-bond acceptors (Lipinski definition) is 8. The summed E-state index contributed by atoms with van der Waals surface area (Å²) in [5, 5.41) is 32.2. The Bertz CT molecular complexity index is 2680. The van der Waals surface area contributed by atoms with Crippen molar-refractivity contribution in [3.05, 3.63) is 202 Å². The van der Waals surface area contributed by atoms with Crippen LogP contribution >= 0.6 is 0 Å². The molecule has 6 aromatic rings. The zero-order valence-corrected chi connectivity index (χ0v) is 38.4. The largest absolute Gasteiger partial charge is 0.508 e. The zero-order chi connectivity index (χ0) is 48.7. The van der Waals surface area contributed by atoms with Gasteiger partial charge in [-0.2, -0.15) is 0 Å². The SMILES string of the molecule is O=C1N[C@@H](Cc2ccc(O)cc2)C(=O)N2Cc3ccccc3C[C@@H]2C(=O)N[C@@H](Cc2ccccc2)C(=O)N[C@@H](Cc2ccc(O)cc2)C(=O)N2Cc3ccccc3C[C@@H]2C(=O)N[C@H]1Cc1ccccc1. The van der Waals surface area contributed by atoms with Crippen LogP contribution in [0.1, 0.15) is 44.5 Å². The van der Waals surface area contributed by atoms with Gasteiger partial charge in [0.25, 0.3) is 0 Å². The quantitative estimate of drug-likeness (QED) is 0.130. The number of aromatic hydroxyl groups is 2. The lowest BCUT2D eigenvalue weighted by atomic mass is 9.91. The summed E-state index contributed by atoms with van der Waals surface area (Å²) in [6.45, 7) is 0.0218. The molecule has 14 heteroatoms. The van der Waals surface area contributed by atoms with Crippen LogP contribution in [0.3, 0.4) is 0 Å². The number of nitrogens with zero attached hydrogens (tertiary/aromatic N) is 2. The molecule has 0 saturated carbocycles. The maximum Gasteiger partial charge on any atom is 0.246 e. The van der Waals surface area contributed by atoms with Crippen molar-refractivity contribution >= 4 is 35.4 Å². The molecule has 0 aromatic heterocycles. The highest BCUT2D eigenvalue weighted by Gasteiger charge is 2.43. The van der Waals surface area contributed by atoms with Crippen molar-refractivity contribution in [2.75, 3.05) is 0 Å². The van der Waals surface area contributed by atoms with Gasteiger partial charge >= 0.3 is 0 Å². The van der Waals surface area contributed by atoms with Crippen LogP contribution in [0.15, 0.2) is 158 Å². The molecule has 14 nitrogen and oxygen atoms in total. The summed E-state index contributed by atoms with van der Waals surface area (Å²) in [5.74, 6) is -3.67. The first-order valence-electron chi connectivity index (χ1n) is 23.6. The molecule has 1 fully saturated rings. The standard InChI is InChI=1S/C56H54N6O8/c63-43-23-19-37(20-24-43)29-47-55(69)62-34-42-18-10-8-16-40(42)32-50(62)54(68)58-46(28-36-13-5-2-6-14-36)52(66)60-48(30-38-21-25-44(64)26-22-38)56(70)61-33-41-17-9-7-15-39(41)31-49(61)53(67)57-45(51(65)59-47)27-35-11-3-1-4-12-35/h1-26,45-50,63-64H,27-34H2,(H,57,67)(H,58,68)(H,59,65)(H,60,66)/t45-,46-,47-,48-,49+,50+/m0/s1. The lowest BCUT2D eigenvalue weighted by molar-refractivity contribution is -0.147. The predicted molar refractivity (Wildman–Crippen MR) is 261 cm³/mol. The van der Waals surface area contributed by atoms with Gasteiger partial charge in [-0.1, -0.05) is 133 Å². The smallest absolute Gasteiger partial charge is 0.246 e. The Morgan fingerprint density at radius 1 is 0.357 bits per heavy atom. The van der Waals surface area contributed by atoms with Crippen LogP contribution in [0.25, 0.3) is 0 Å². The van der Waals surface area contributed by atoms with E-state index < -0.39 is 71.7 Å². The summed E-state index contributed by atoms with van der Waals surface area (Å²) < 4.78 is 0. The molecule has 3 aliphatic heterocycles. The summed E-state index contributed by atoms with van der Waals surface area (Å²) in [5.41, 5.74) is 5.94. The van der Waals surface area contributed by atoms with Gasteiger partial charge < -0.3 is 41.3 Å². The summed E-state index contributed by atoms with van der Waals surface area (Å²) in [7, 11) is 0. The molecular weight excluding hydrogens is 885 g/mol.